The highest BCUT2D eigenvalue weighted by Crippen LogP contribution is 2.29. The zero-order valence-corrected chi connectivity index (χ0v) is 10.5. The van der Waals surface area contributed by atoms with Gasteiger partial charge in [0.25, 0.3) is 0 Å². The molecule has 0 bridgehead atoms. The van der Waals surface area contributed by atoms with Gasteiger partial charge in [-0.25, -0.2) is 0 Å². The van der Waals surface area contributed by atoms with Crippen LogP contribution in [0.1, 0.15) is 30.7 Å². The first-order valence-corrected chi connectivity index (χ1v) is 6.75. The van der Waals surface area contributed by atoms with E-state index in [-0.39, 0.29) is 0 Å². The summed E-state index contributed by atoms with van der Waals surface area (Å²) in [6.07, 6.45) is 8.54. The molecule has 0 heterocycles. The van der Waals surface area contributed by atoms with Crippen LogP contribution in [0.5, 0.6) is 0 Å². The molecule has 3 rings (SSSR count). The van der Waals surface area contributed by atoms with Crippen molar-refractivity contribution in [2.75, 3.05) is 0 Å². The molecule has 1 atom stereocenters. The van der Waals surface area contributed by atoms with Gasteiger partial charge in [-0.1, -0.05) is 66.7 Å². The van der Waals surface area contributed by atoms with Crippen LogP contribution in [0.4, 0.5) is 0 Å². The highest BCUT2D eigenvalue weighted by molar-refractivity contribution is 5.63. The third-order valence-electron chi connectivity index (χ3n) is 3.70. The molecule has 0 saturated carbocycles. The summed E-state index contributed by atoms with van der Waals surface area (Å²) in [5, 5.41) is 0. The molecule has 90 valence electrons. The van der Waals surface area contributed by atoms with E-state index in [0.717, 1.165) is 0 Å². The quantitative estimate of drug-likeness (QED) is 0.628. The Labute approximate surface area is 109 Å². The van der Waals surface area contributed by atoms with Crippen molar-refractivity contribution in [1.29, 1.82) is 0 Å². The second-order valence-electron chi connectivity index (χ2n) is 4.95. The van der Waals surface area contributed by atoms with Gasteiger partial charge in [0.05, 0.1) is 0 Å². The summed E-state index contributed by atoms with van der Waals surface area (Å²) >= 11 is 0. The first-order valence-electron chi connectivity index (χ1n) is 6.75. The van der Waals surface area contributed by atoms with Gasteiger partial charge in [-0.2, -0.15) is 0 Å². The fraction of sp³-hybridized carbons (Fsp3) is 0.222. The van der Waals surface area contributed by atoms with Crippen LogP contribution in [0.25, 0.3) is 11.1 Å². The fourth-order valence-electron chi connectivity index (χ4n) is 2.64. The van der Waals surface area contributed by atoms with E-state index in [1.165, 1.54) is 36.0 Å². The van der Waals surface area contributed by atoms with Gasteiger partial charge in [0, 0.05) is 5.92 Å². The molecule has 0 aliphatic heterocycles. The normalized spacial score (nSPS) is 18.8. The van der Waals surface area contributed by atoms with Crippen molar-refractivity contribution < 1.29 is 0 Å². The predicted molar refractivity (Wildman–Crippen MR) is 77.6 cm³/mol. The SMILES string of the molecule is C1=CC(c2ccc(-c3ccccc3)cc2)CCC1. The summed E-state index contributed by atoms with van der Waals surface area (Å²) in [7, 11) is 0. The van der Waals surface area contributed by atoms with Crippen molar-refractivity contribution in [1.82, 2.24) is 0 Å². The lowest BCUT2D eigenvalue weighted by Crippen LogP contribution is -1.98. The van der Waals surface area contributed by atoms with Crippen LogP contribution in [0.15, 0.2) is 66.7 Å². The summed E-state index contributed by atoms with van der Waals surface area (Å²) in [6.45, 7) is 0. The fourth-order valence-corrected chi connectivity index (χ4v) is 2.64. The molecular weight excluding hydrogens is 216 g/mol. The third kappa shape index (κ3) is 2.38. The van der Waals surface area contributed by atoms with E-state index in [2.05, 4.69) is 66.7 Å². The largest absolute Gasteiger partial charge is 0.0879 e. The lowest BCUT2D eigenvalue weighted by atomic mass is 9.88. The van der Waals surface area contributed by atoms with Crippen LogP contribution in [-0.2, 0) is 0 Å². The van der Waals surface area contributed by atoms with Gasteiger partial charge in [-0.15, -0.1) is 0 Å². The topological polar surface area (TPSA) is 0 Å². The van der Waals surface area contributed by atoms with E-state index in [1.54, 1.807) is 0 Å². The second-order valence-corrected chi connectivity index (χ2v) is 4.95. The van der Waals surface area contributed by atoms with Crippen molar-refractivity contribution in [3.63, 3.8) is 0 Å². The van der Waals surface area contributed by atoms with E-state index < -0.39 is 0 Å². The maximum Gasteiger partial charge on any atom is 0.00180 e. The summed E-state index contributed by atoms with van der Waals surface area (Å²) in [5.74, 6) is 0.628. The lowest BCUT2D eigenvalue weighted by Gasteiger charge is -2.17. The molecule has 0 fully saturated rings. The zero-order chi connectivity index (χ0) is 12.2. The van der Waals surface area contributed by atoms with Crippen LogP contribution in [0, 0.1) is 0 Å². The van der Waals surface area contributed by atoms with Gasteiger partial charge < -0.3 is 0 Å². The minimum absolute atomic E-state index is 0.628. The maximum absolute atomic E-state index is 2.36. The van der Waals surface area contributed by atoms with Crippen molar-refractivity contribution in [2.24, 2.45) is 0 Å². The molecular formula is C18H18. The smallest absolute Gasteiger partial charge is 0.00180 e. The maximum atomic E-state index is 2.36. The van der Waals surface area contributed by atoms with E-state index in [4.69, 9.17) is 0 Å². The minimum Gasteiger partial charge on any atom is -0.0879 e. The van der Waals surface area contributed by atoms with Crippen molar-refractivity contribution in [3.8, 4) is 11.1 Å². The summed E-state index contributed by atoms with van der Waals surface area (Å²) < 4.78 is 0. The van der Waals surface area contributed by atoms with Crippen LogP contribution >= 0.6 is 0 Å². The predicted octanol–water partition coefficient (Wildman–Crippen LogP) is 5.18. The minimum atomic E-state index is 0.628. The van der Waals surface area contributed by atoms with Crippen molar-refractivity contribution >= 4 is 0 Å². The Bertz CT molecular complexity index is 520. The Kier molecular flexibility index (Phi) is 3.27. The molecule has 0 N–H and O–H groups in total. The Morgan fingerprint density at radius 2 is 1.50 bits per heavy atom. The molecule has 1 aliphatic rings. The lowest BCUT2D eigenvalue weighted by molar-refractivity contribution is 0.654. The number of benzene rings is 2. The molecule has 0 aromatic heterocycles. The van der Waals surface area contributed by atoms with Crippen LogP contribution in [0.2, 0.25) is 0 Å². The highest BCUT2D eigenvalue weighted by Gasteiger charge is 2.10. The number of hydrogen-bond donors (Lipinski definition) is 0. The van der Waals surface area contributed by atoms with E-state index in [9.17, 15) is 0 Å². The van der Waals surface area contributed by atoms with Crippen LogP contribution in [0.3, 0.4) is 0 Å². The van der Waals surface area contributed by atoms with Crippen molar-refractivity contribution in [2.45, 2.75) is 25.2 Å². The third-order valence-corrected chi connectivity index (χ3v) is 3.70. The molecule has 0 heteroatoms. The van der Waals surface area contributed by atoms with Gasteiger partial charge in [-0.05, 0) is 36.0 Å². The molecule has 18 heavy (non-hydrogen) atoms. The summed E-state index contributed by atoms with van der Waals surface area (Å²) in [5.41, 5.74) is 4.05. The summed E-state index contributed by atoms with van der Waals surface area (Å²) in [4.78, 5) is 0. The Morgan fingerprint density at radius 1 is 0.778 bits per heavy atom. The molecule has 2 aromatic rings. The molecule has 0 amide bonds. The Balaban J connectivity index is 1.85. The summed E-state index contributed by atoms with van der Waals surface area (Å²) in [6, 6.07) is 19.6. The molecule has 0 radical (unpaired) electrons. The first kappa shape index (κ1) is 11.3. The average Bonchev–Trinajstić information content (AvgIpc) is 2.49. The van der Waals surface area contributed by atoms with E-state index in [1.807, 2.05) is 0 Å². The monoisotopic (exact) mass is 234 g/mol. The molecule has 0 nitrogen and oxygen atoms in total. The average molecular weight is 234 g/mol. The van der Waals surface area contributed by atoms with Gasteiger partial charge in [-0.3, -0.25) is 0 Å². The highest BCUT2D eigenvalue weighted by atomic mass is 14.1. The molecule has 2 aromatic carbocycles. The van der Waals surface area contributed by atoms with Crippen LogP contribution in [-0.4, -0.2) is 0 Å². The van der Waals surface area contributed by atoms with Gasteiger partial charge in [0.15, 0.2) is 0 Å². The van der Waals surface area contributed by atoms with Crippen LogP contribution < -0.4 is 0 Å². The van der Waals surface area contributed by atoms with E-state index >= 15 is 0 Å². The van der Waals surface area contributed by atoms with Crippen molar-refractivity contribution in [3.05, 3.63) is 72.3 Å². The standard InChI is InChI=1S/C18H18/c1-3-7-15(8-4-1)17-11-13-18(14-12-17)16-9-5-2-6-10-16/h1,3-5,7-9,11-14,16H,2,6,10H2. The molecule has 1 unspecified atom stereocenters. The number of hydrogen-bond acceptors (Lipinski definition) is 0. The molecule has 0 spiro atoms. The number of rotatable bonds is 2. The van der Waals surface area contributed by atoms with Gasteiger partial charge in [0.2, 0.25) is 0 Å². The second kappa shape index (κ2) is 5.22. The first-order chi connectivity index (χ1) is 8.93. The zero-order valence-electron chi connectivity index (χ0n) is 10.5. The van der Waals surface area contributed by atoms with E-state index in [0.29, 0.717) is 5.92 Å². The Hall–Kier alpha value is -1.82. The van der Waals surface area contributed by atoms with Gasteiger partial charge >= 0.3 is 0 Å². The number of allylic oxidation sites excluding steroid dienone is 2. The molecule has 1 aliphatic carbocycles. The molecule has 0 saturated heterocycles. The Morgan fingerprint density at radius 3 is 2.17 bits per heavy atom. The van der Waals surface area contributed by atoms with Gasteiger partial charge in [0.1, 0.15) is 0 Å².